The maximum atomic E-state index is 12.2. The predicted molar refractivity (Wildman–Crippen MR) is 79.4 cm³/mol. The molecular formula is C13H12ClN3O3S. The molecule has 110 valence electrons. The second-order valence-electron chi connectivity index (χ2n) is 4.57. The van der Waals surface area contributed by atoms with Crippen LogP contribution in [0.3, 0.4) is 0 Å². The molecule has 0 saturated carbocycles. The molecule has 1 aliphatic rings. The number of urea groups is 1. The van der Waals surface area contributed by atoms with Crippen molar-refractivity contribution in [2.45, 2.75) is 17.4 Å². The minimum absolute atomic E-state index is 0.254. The standard InChI is InChI=1S/C13H12ClN3O3S/c1-7(11(18)17-5-4-15-12(17)19)21-13-16-9-3-2-8(14)6-10(9)20-13/h2-3,6-7H,4-5H2,1H3,(H,15,19)/t7-/m0/s1. The largest absolute Gasteiger partial charge is 0.431 e. The van der Waals surface area contributed by atoms with E-state index in [2.05, 4.69) is 10.3 Å². The highest BCUT2D eigenvalue weighted by atomic mass is 35.5. The molecule has 1 aliphatic heterocycles. The van der Waals surface area contributed by atoms with Crippen LogP contribution in [0.1, 0.15) is 6.92 Å². The van der Waals surface area contributed by atoms with Gasteiger partial charge in [0.2, 0.25) is 5.91 Å². The van der Waals surface area contributed by atoms with Gasteiger partial charge in [-0.15, -0.1) is 0 Å². The van der Waals surface area contributed by atoms with Gasteiger partial charge in [0, 0.05) is 24.2 Å². The number of thioether (sulfide) groups is 1. The fraction of sp³-hybridized carbons (Fsp3) is 0.308. The van der Waals surface area contributed by atoms with Gasteiger partial charge in [-0.05, 0) is 19.1 Å². The maximum absolute atomic E-state index is 12.2. The van der Waals surface area contributed by atoms with E-state index < -0.39 is 5.25 Å². The van der Waals surface area contributed by atoms with Gasteiger partial charge in [0.25, 0.3) is 5.22 Å². The normalized spacial score (nSPS) is 16.3. The fourth-order valence-electron chi connectivity index (χ4n) is 2.03. The van der Waals surface area contributed by atoms with Crippen LogP contribution in [-0.2, 0) is 4.79 Å². The average Bonchev–Trinajstić information content (AvgIpc) is 3.03. The number of nitrogens with one attached hydrogen (secondary N) is 1. The third-order valence-corrected chi connectivity index (χ3v) is 4.25. The Kier molecular flexibility index (Phi) is 3.77. The van der Waals surface area contributed by atoms with Crippen LogP contribution in [-0.4, -0.2) is 40.2 Å². The van der Waals surface area contributed by atoms with Crippen LogP contribution < -0.4 is 5.32 Å². The van der Waals surface area contributed by atoms with Gasteiger partial charge in [-0.3, -0.25) is 9.69 Å². The number of nitrogens with zero attached hydrogens (tertiary/aromatic N) is 2. The summed E-state index contributed by atoms with van der Waals surface area (Å²) in [6.45, 7) is 2.61. The molecule has 3 rings (SSSR count). The van der Waals surface area contributed by atoms with Crippen molar-refractivity contribution in [2.75, 3.05) is 13.1 Å². The third kappa shape index (κ3) is 2.84. The van der Waals surface area contributed by atoms with Gasteiger partial charge in [-0.2, -0.15) is 0 Å². The summed E-state index contributed by atoms with van der Waals surface area (Å²) in [7, 11) is 0. The Balaban J connectivity index is 1.75. The number of oxazole rings is 1. The number of benzene rings is 1. The van der Waals surface area contributed by atoms with Gasteiger partial charge in [0.1, 0.15) is 5.52 Å². The summed E-state index contributed by atoms with van der Waals surface area (Å²) < 4.78 is 5.56. The first-order chi connectivity index (χ1) is 10.0. The van der Waals surface area contributed by atoms with Crippen molar-refractivity contribution in [3.63, 3.8) is 0 Å². The van der Waals surface area contributed by atoms with Gasteiger partial charge in [-0.25, -0.2) is 9.78 Å². The molecule has 2 heterocycles. The Hall–Kier alpha value is -1.73. The van der Waals surface area contributed by atoms with Gasteiger partial charge in [0.15, 0.2) is 5.58 Å². The monoisotopic (exact) mass is 325 g/mol. The van der Waals surface area contributed by atoms with E-state index in [1.165, 1.54) is 16.7 Å². The third-order valence-electron chi connectivity index (χ3n) is 3.08. The number of halogens is 1. The van der Waals surface area contributed by atoms with Crippen LogP contribution in [0.25, 0.3) is 11.1 Å². The van der Waals surface area contributed by atoms with Crippen molar-refractivity contribution in [2.24, 2.45) is 0 Å². The zero-order chi connectivity index (χ0) is 15.0. The van der Waals surface area contributed by atoms with Crippen LogP contribution in [0.15, 0.2) is 27.8 Å². The molecule has 0 radical (unpaired) electrons. The number of rotatable bonds is 3. The second kappa shape index (κ2) is 5.57. The van der Waals surface area contributed by atoms with Crippen molar-refractivity contribution < 1.29 is 14.0 Å². The molecule has 2 aromatic rings. The quantitative estimate of drug-likeness (QED) is 0.878. The summed E-state index contributed by atoms with van der Waals surface area (Å²) in [6, 6.07) is 4.81. The number of imide groups is 1. The molecule has 3 amide bonds. The van der Waals surface area contributed by atoms with E-state index in [-0.39, 0.29) is 11.9 Å². The smallest absolute Gasteiger partial charge is 0.324 e. The highest BCUT2D eigenvalue weighted by Crippen LogP contribution is 2.29. The number of amides is 3. The Labute approximate surface area is 129 Å². The molecule has 0 bridgehead atoms. The zero-order valence-electron chi connectivity index (χ0n) is 11.1. The molecule has 6 nitrogen and oxygen atoms in total. The second-order valence-corrected chi connectivity index (χ2v) is 6.30. The van der Waals surface area contributed by atoms with E-state index in [4.69, 9.17) is 16.0 Å². The molecule has 1 atom stereocenters. The zero-order valence-corrected chi connectivity index (χ0v) is 12.7. The van der Waals surface area contributed by atoms with Crippen LogP contribution in [0, 0.1) is 0 Å². The molecule has 1 saturated heterocycles. The number of hydrogen-bond acceptors (Lipinski definition) is 5. The molecule has 21 heavy (non-hydrogen) atoms. The molecule has 0 spiro atoms. The van der Waals surface area contributed by atoms with Crippen molar-refractivity contribution in [1.82, 2.24) is 15.2 Å². The number of carbonyl (C=O) groups excluding carboxylic acids is 2. The Morgan fingerprint density at radius 2 is 2.38 bits per heavy atom. The SMILES string of the molecule is C[C@H](Sc1nc2ccc(Cl)cc2o1)C(=O)N1CCNC1=O. The maximum Gasteiger partial charge on any atom is 0.324 e. The first-order valence-corrected chi connectivity index (χ1v) is 7.62. The van der Waals surface area contributed by atoms with Crippen molar-refractivity contribution in [3.8, 4) is 0 Å². The highest BCUT2D eigenvalue weighted by Gasteiger charge is 2.31. The molecule has 1 fully saturated rings. The van der Waals surface area contributed by atoms with E-state index >= 15 is 0 Å². The van der Waals surface area contributed by atoms with Crippen LogP contribution in [0.5, 0.6) is 0 Å². The summed E-state index contributed by atoms with van der Waals surface area (Å²) in [5.74, 6) is -0.254. The van der Waals surface area contributed by atoms with Crippen LogP contribution in [0.2, 0.25) is 5.02 Å². The van der Waals surface area contributed by atoms with E-state index in [0.717, 1.165) is 0 Å². The lowest BCUT2D eigenvalue weighted by molar-refractivity contribution is -0.126. The average molecular weight is 326 g/mol. The van der Waals surface area contributed by atoms with E-state index in [0.29, 0.717) is 34.4 Å². The van der Waals surface area contributed by atoms with Crippen LogP contribution in [0.4, 0.5) is 4.79 Å². The van der Waals surface area contributed by atoms with Gasteiger partial charge in [-0.1, -0.05) is 23.4 Å². The number of hydrogen-bond donors (Lipinski definition) is 1. The molecule has 8 heteroatoms. The molecular weight excluding hydrogens is 314 g/mol. The van der Waals surface area contributed by atoms with Crippen molar-refractivity contribution >= 4 is 46.4 Å². The Morgan fingerprint density at radius 1 is 1.57 bits per heavy atom. The lowest BCUT2D eigenvalue weighted by atomic mass is 10.3. The van der Waals surface area contributed by atoms with Gasteiger partial charge in [0.05, 0.1) is 5.25 Å². The van der Waals surface area contributed by atoms with Crippen molar-refractivity contribution in [3.05, 3.63) is 23.2 Å². The lowest BCUT2D eigenvalue weighted by Crippen LogP contribution is -2.38. The summed E-state index contributed by atoms with van der Waals surface area (Å²) in [5, 5.41) is 3.08. The minimum atomic E-state index is -0.461. The summed E-state index contributed by atoms with van der Waals surface area (Å²) in [5.41, 5.74) is 1.25. The van der Waals surface area contributed by atoms with E-state index in [1.807, 2.05) is 0 Å². The topological polar surface area (TPSA) is 75.4 Å². The van der Waals surface area contributed by atoms with E-state index in [1.54, 1.807) is 25.1 Å². The highest BCUT2D eigenvalue weighted by molar-refractivity contribution is 8.00. The van der Waals surface area contributed by atoms with E-state index in [9.17, 15) is 9.59 Å². The summed E-state index contributed by atoms with van der Waals surface area (Å²) in [4.78, 5) is 29.2. The minimum Gasteiger partial charge on any atom is -0.431 e. The Bertz CT molecular complexity index is 718. The van der Waals surface area contributed by atoms with Crippen molar-refractivity contribution in [1.29, 1.82) is 0 Å². The first-order valence-electron chi connectivity index (χ1n) is 6.36. The van der Waals surface area contributed by atoms with Gasteiger partial charge < -0.3 is 9.73 Å². The lowest BCUT2D eigenvalue weighted by Gasteiger charge is -2.15. The molecule has 1 aromatic carbocycles. The fourth-order valence-corrected chi connectivity index (χ4v) is 3.01. The summed E-state index contributed by atoms with van der Waals surface area (Å²) in [6.07, 6.45) is 0. The number of fused-ring (bicyclic) bond motifs is 1. The van der Waals surface area contributed by atoms with Crippen LogP contribution >= 0.6 is 23.4 Å². The predicted octanol–water partition coefficient (Wildman–Crippen LogP) is 2.51. The molecule has 1 aromatic heterocycles. The molecule has 1 N–H and O–H groups in total. The number of carbonyl (C=O) groups is 2. The number of aromatic nitrogens is 1. The molecule has 0 aliphatic carbocycles. The first kappa shape index (κ1) is 14.2. The Morgan fingerprint density at radius 3 is 3.10 bits per heavy atom. The molecule has 0 unspecified atom stereocenters. The summed E-state index contributed by atoms with van der Waals surface area (Å²) >= 11 is 7.07. The van der Waals surface area contributed by atoms with Gasteiger partial charge >= 0.3 is 6.03 Å².